The number of benzene rings is 4. The maximum Gasteiger partial charge on any atom is 0.197 e. The van der Waals surface area contributed by atoms with E-state index in [0.29, 0.717) is 58.2 Å². The zero-order valence-corrected chi connectivity index (χ0v) is 24.7. The normalized spacial score (nSPS) is 11.6. The van der Waals surface area contributed by atoms with Crippen molar-refractivity contribution in [3.05, 3.63) is 152 Å². The van der Waals surface area contributed by atoms with E-state index in [1.54, 1.807) is 36.4 Å². The molecule has 2 heterocycles. The van der Waals surface area contributed by atoms with Crippen LogP contribution in [0.1, 0.15) is 41.9 Å². The van der Waals surface area contributed by atoms with Crippen molar-refractivity contribution in [3.8, 4) is 11.5 Å². The van der Waals surface area contributed by atoms with Gasteiger partial charge in [-0.05, 0) is 66.8 Å². The summed E-state index contributed by atoms with van der Waals surface area (Å²) in [5.41, 5.74) is 2.72. The fourth-order valence-corrected chi connectivity index (χ4v) is 5.03. The van der Waals surface area contributed by atoms with Gasteiger partial charge in [-0.15, -0.1) is 0 Å². The van der Waals surface area contributed by atoms with E-state index in [2.05, 4.69) is 0 Å². The van der Waals surface area contributed by atoms with Crippen molar-refractivity contribution in [3.63, 3.8) is 0 Å². The van der Waals surface area contributed by atoms with Crippen LogP contribution in [0.25, 0.3) is 46.2 Å². The maximum absolute atomic E-state index is 12.9. The molecule has 0 fully saturated rings. The molecule has 6 heteroatoms. The molecule has 224 valence electrons. The van der Waals surface area contributed by atoms with Crippen LogP contribution in [0, 0.1) is 0 Å². The van der Waals surface area contributed by atoms with Gasteiger partial charge in [0.05, 0.1) is 13.2 Å². The largest absolute Gasteiger partial charge is 0.493 e. The van der Waals surface area contributed by atoms with Crippen LogP contribution in [0.5, 0.6) is 11.5 Å². The first-order valence-electron chi connectivity index (χ1n) is 15.0. The minimum atomic E-state index is -0.146. The van der Waals surface area contributed by atoms with Crippen molar-refractivity contribution in [2.24, 2.45) is 0 Å². The van der Waals surface area contributed by atoms with Crippen LogP contribution in [0.3, 0.4) is 0 Å². The van der Waals surface area contributed by atoms with Crippen LogP contribution in [0.2, 0.25) is 0 Å². The van der Waals surface area contributed by atoms with Crippen molar-refractivity contribution in [2.45, 2.75) is 19.3 Å². The van der Waals surface area contributed by atoms with Crippen molar-refractivity contribution >= 4 is 46.2 Å². The van der Waals surface area contributed by atoms with Gasteiger partial charge in [-0.25, -0.2) is 0 Å². The Hall–Kier alpha value is -5.62. The summed E-state index contributed by atoms with van der Waals surface area (Å²) < 4.78 is 23.9. The van der Waals surface area contributed by atoms with Gasteiger partial charge in [0.2, 0.25) is 0 Å². The molecule has 0 saturated carbocycles. The van der Waals surface area contributed by atoms with E-state index in [1.165, 1.54) is 12.1 Å². The quantitative estimate of drug-likeness (QED) is 0.131. The highest BCUT2D eigenvalue weighted by Gasteiger charge is 2.11. The van der Waals surface area contributed by atoms with E-state index in [1.807, 2.05) is 84.9 Å². The minimum Gasteiger partial charge on any atom is -0.493 e. The fraction of sp³-hybridized carbons (Fsp3) is 0.128. The van der Waals surface area contributed by atoms with E-state index in [9.17, 15) is 9.59 Å². The number of fused-ring (bicyclic) bond motifs is 2. The van der Waals surface area contributed by atoms with E-state index >= 15 is 0 Å². The van der Waals surface area contributed by atoms with Crippen LogP contribution in [-0.4, -0.2) is 13.2 Å². The van der Waals surface area contributed by atoms with Gasteiger partial charge in [0.25, 0.3) is 0 Å². The van der Waals surface area contributed by atoms with Crippen molar-refractivity contribution in [1.29, 1.82) is 0 Å². The number of rotatable bonds is 12. The standard InChI is InChI=1S/C39H32O6/c40-32-26-30(22-20-28-12-4-1-5-13-28)44-36-18-10-16-34(38(32)36)42-24-8-3-9-25-43-35-17-11-19-37-39(35)33(41)27-31(45-37)23-21-29-14-6-2-7-15-29/h1-2,4-7,10-23,26-27H,3,8-9,24-25H2. The van der Waals surface area contributed by atoms with E-state index < -0.39 is 0 Å². The lowest BCUT2D eigenvalue weighted by molar-refractivity contribution is 0.282. The van der Waals surface area contributed by atoms with Crippen LogP contribution < -0.4 is 20.3 Å². The summed E-state index contributed by atoms with van der Waals surface area (Å²) in [6, 6.07) is 33.4. The lowest BCUT2D eigenvalue weighted by Crippen LogP contribution is -2.07. The molecule has 2 aromatic heterocycles. The number of hydrogen-bond acceptors (Lipinski definition) is 6. The highest BCUT2D eigenvalue weighted by molar-refractivity contribution is 5.85. The molecule has 0 aliphatic heterocycles. The molecule has 6 nitrogen and oxygen atoms in total. The Labute approximate surface area is 260 Å². The molecular weight excluding hydrogens is 564 g/mol. The van der Waals surface area contributed by atoms with Crippen molar-refractivity contribution < 1.29 is 18.3 Å². The van der Waals surface area contributed by atoms with Crippen molar-refractivity contribution in [1.82, 2.24) is 0 Å². The van der Waals surface area contributed by atoms with Gasteiger partial charge in [-0.3, -0.25) is 9.59 Å². The maximum atomic E-state index is 12.9. The van der Waals surface area contributed by atoms with Gasteiger partial charge in [0, 0.05) is 12.1 Å². The average molecular weight is 597 g/mol. The van der Waals surface area contributed by atoms with Gasteiger partial charge in [0.1, 0.15) is 45.0 Å². The number of ether oxygens (including phenoxy) is 2. The Bertz CT molecular complexity index is 1920. The van der Waals surface area contributed by atoms with Gasteiger partial charge in [-0.1, -0.05) is 84.9 Å². The Balaban J connectivity index is 1.01. The molecule has 0 radical (unpaired) electrons. The monoisotopic (exact) mass is 596 g/mol. The fourth-order valence-electron chi connectivity index (χ4n) is 5.03. The number of unbranched alkanes of at least 4 members (excludes halogenated alkanes) is 2. The van der Waals surface area contributed by atoms with E-state index in [4.69, 9.17) is 18.3 Å². The molecule has 0 aliphatic carbocycles. The van der Waals surface area contributed by atoms with Gasteiger partial charge in [-0.2, -0.15) is 0 Å². The van der Waals surface area contributed by atoms with Crippen LogP contribution >= 0.6 is 0 Å². The summed E-state index contributed by atoms with van der Waals surface area (Å²) in [5, 5.41) is 0.873. The summed E-state index contributed by atoms with van der Waals surface area (Å²) >= 11 is 0. The highest BCUT2D eigenvalue weighted by Crippen LogP contribution is 2.26. The smallest absolute Gasteiger partial charge is 0.197 e. The predicted octanol–water partition coefficient (Wildman–Crippen LogP) is 8.87. The lowest BCUT2D eigenvalue weighted by Gasteiger charge is -2.10. The third-order valence-corrected chi connectivity index (χ3v) is 7.25. The van der Waals surface area contributed by atoms with Crippen LogP contribution in [-0.2, 0) is 0 Å². The number of hydrogen-bond donors (Lipinski definition) is 0. The molecule has 0 unspecified atom stereocenters. The molecule has 0 bridgehead atoms. The van der Waals surface area contributed by atoms with Gasteiger partial charge < -0.3 is 18.3 Å². The van der Waals surface area contributed by atoms with Gasteiger partial charge >= 0.3 is 0 Å². The first kappa shape index (κ1) is 29.5. The zero-order chi connectivity index (χ0) is 30.8. The molecule has 6 rings (SSSR count). The molecule has 0 N–H and O–H groups in total. The van der Waals surface area contributed by atoms with E-state index in [-0.39, 0.29) is 10.9 Å². The second-order valence-electron chi connectivity index (χ2n) is 10.5. The summed E-state index contributed by atoms with van der Waals surface area (Å²) in [7, 11) is 0. The van der Waals surface area contributed by atoms with Crippen LogP contribution in [0.15, 0.2) is 128 Å². The molecule has 6 aromatic rings. The van der Waals surface area contributed by atoms with Crippen molar-refractivity contribution in [2.75, 3.05) is 13.2 Å². The highest BCUT2D eigenvalue weighted by atomic mass is 16.5. The molecule has 0 spiro atoms. The first-order chi connectivity index (χ1) is 22.1. The Morgan fingerprint density at radius 3 is 1.38 bits per heavy atom. The second-order valence-corrected chi connectivity index (χ2v) is 10.5. The SMILES string of the molecule is O=c1cc(C=Cc2ccccc2)oc2cccc(OCCCCCOc3cccc4oc(C=Cc5ccccc5)cc(=O)c34)c12. The Morgan fingerprint density at radius 2 is 0.933 bits per heavy atom. The molecule has 0 atom stereocenters. The molecule has 0 aliphatic rings. The third kappa shape index (κ3) is 7.48. The molecule has 4 aromatic carbocycles. The molecule has 0 amide bonds. The lowest BCUT2D eigenvalue weighted by atomic mass is 10.1. The first-order valence-corrected chi connectivity index (χ1v) is 15.0. The minimum absolute atomic E-state index is 0.146. The Morgan fingerprint density at radius 1 is 0.489 bits per heavy atom. The molecular formula is C39H32O6. The topological polar surface area (TPSA) is 78.9 Å². The summed E-state index contributed by atoms with van der Waals surface area (Å²) in [5.74, 6) is 1.99. The third-order valence-electron chi connectivity index (χ3n) is 7.25. The summed E-state index contributed by atoms with van der Waals surface area (Å²) in [6.45, 7) is 0.899. The average Bonchev–Trinajstić information content (AvgIpc) is 3.06. The predicted molar refractivity (Wildman–Crippen MR) is 181 cm³/mol. The zero-order valence-electron chi connectivity index (χ0n) is 24.7. The summed E-state index contributed by atoms with van der Waals surface area (Å²) in [6.07, 6.45) is 9.80. The molecule has 45 heavy (non-hydrogen) atoms. The Kier molecular flexibility index (Phi) is 9.32. The van der Waals surface area contributed by atoms with Crippen LogP contribution in [0.4, 0.5) is 0 Å². The molecule has 0 saturated heterocycles. The van der Waals surface area contributed by atoms with E-state index in [0.717, 1.165) is 30.4 Å². The van der Waals surface area contributed by atoms with Gasteiger partial charge in [0.15, 0.2) is 10.9 Å². The second kappa shape index (κ2) is 14.2. The summed E-state index contributed by atoms with van der Waals surface area (Å²) in [4.78, 5) is 25.9.